The van der Waals surface area contributed by atoms with E-state index in [1.165, 1.54) is 26.4 Å². The third kappa shape index (κ3) is 1.44. The minimum atomic E-state index is -0.290. The fourth-order valence-electron chi connectivity index (χ4n) is 3.84. The van der Waals surface area contributed by atoms with E-state index in [0.29, 0.717) is 0 Å². The third-order valence-corrected chi connectivity index (χ3v) is 4.72. The van der Waals surface area contributed by atoms with Crippen molar-refractivity contribution >= 4 is 6.09 Å². The average molecular weight is 211 g/mol. The summed E-state index contributed by atoms with van der Waals surface area (Å²) in [6, 6.07) is 0.260. The first-order valence-electron chi connectivity index (χ1n) is 5.74. The molecule has 2 fully saturated rings. The van der Waals surface area contributed by atoms with Crippen molar-refractivity contribution in [3.63, 3.8) is 0 Å². The highest BCUT2D eigenvalue weighted by molar-refractivity contribution is 5.67. The van der Waals surface area contributed by atoms with Crippen LogP contribution < -0.4 is 5.32 Å². The summed E-state index contributed by atoms with van der Waals surface area (Å²) in [6.07, 6.45) is 3.50. The van der Waals surface area contributed by atoms with Gasteiger partial charge in [-0.2, -0.15) is 0 Å². The van der Waals surface area contributed by atoms with Gasteiger partial charge in [0.1, 0.15) is 0 Å². The molecular weight excluding hydrogens is 190 g/mol. The lowest BCUT2D eigenvalue weighted by Gasteiger charge is -2.42. The van der Waals surface area contributed by atoms with Crippen LogP contribution in [0.15, 0.2) is 0 Å². The van der Waals surface area contributed by atoms with Crippen molar-refractivity contribution in [3.05, 3.63) is 0 Å². The number of ether oxygens (including phenoxy) is 1. The molecule has 0 aromatic carbocycles. The van der Waals surface area contributed by atoms with Gasteiger partial charge >= 0.3 is 6.09 Å². The van der Waals surface area contributed by atoms with Gasteiger partial charge in [-0.3, -0.25) is 0 Å². The van der Waals surface area contributed by atoms with E-state index in [1.54, 1.807) is 0 Å². The Hall–Kier alpha value is -0.730. The Morgan fingerprint density at radius 1 is 1.40 bits per heavy atom. The van der Waals surface area contributed by atoms with Crippen LogP contribution >= 0.6 is 0 Å². The highest BCUT2D eigenvalue weighted by Gasteiger charge is 2.59. The number of alkyl carbamates (subject to hydrolysis) is 1. The summed E-state index contributed by atoms with van der Waals surface area (Å²) < 4.78 is 4.71. The van der Waals surface area contributed by atoms with E-state index in [9.17, 15) is 4.79 Å². The predicted octanol–water partition coefficient (Wildman–Crippen LogP) is 2.56. The van der Waals surface area contributed by atoms with Gasteiger partial charge in [-0.15, -0.1) is 0 Å². The van der Waals surface area contributed by atoms with Gasteiger partial charge in [0, 0.05) is 6.04 Å². The van der Waals surface area contributed by atoms with Gasteiger partial charge < -0.3 is 10.1 Å². The van der Waals surface area contributed by atoms with E-state index in [4.69, 9.17) is 4.74 Å². The van der Waals surface area contributed by atoms with Crippen LogP contribution in [0.5, 0.6) is 0 Å². The maximum Gasteiger partial charge on any atom is 0.407 e. The van der Waals surface area contributed by atoms with Crippen LogP contribution in [-0.4, -0.2) is 19.2 Å². The lowest BCUT2D eigenvalue weighted by atomic mass is 9.68. The molecule has 0 aliphatic heterocycles. The third-order valence-electron chi connectivity index (χ3n) is 4.72. The van der Waals surface area contributed by atoms with Crippen molar-refractivity contribution in [3.8, 4) is 0 Å². The quantitative estimate of drug-likeness (QED) is 0.724. The molecule has 15 heavy (non-hydrogen) atoms. The Bertz CT molecular complexity index is 283. The standard InChI is InChI=1S/C12H21NO2/c1-11(2)8-5-6-12(3,7-8)9(11)13-10(14)15-4/h8-9H,5-7H2,1-4H3,(H,13,14). The van der Waals surface area contributed by atoms with Gasteiger partial charge in [0.15, 0.2) is 0 Å². The van der Waals surface area contributed by atoms with E-state index in [2.05, 4.69) is 26.1 Å². The smallest absolute Gasteiger partial charge is 0.407 e. The molecule has 3 heteroatoms. The van der Waals surface area contributed by atoms with Gasteiger partial charge in [-0.25, -0.2) is 4.79 Å². The zero-order chi connectivity index (χ0) is 11.3. The molecule has 0 spiro atoms. The molecule has 86 valence electrons. The number of methoxy groups -OCH3 is 1. The van der Waals surface area contributed by atoms with E-state index in [1.807, 2.05) is 0 Å². The fraction of sp³-hybridized carbons (Fsp3) is 0.917. The zero-order valence-corrected chi connectivity index (χ0v) is 10.1. The summed E-state index contributed by atoms with van der Waals surface area (Å²) in [5.41, 5.74) is 0.490. The molecule has 0 radical (unpaired) electrons. The molecule has 3 atom stereocenters. The van der Waals surface area contributed by atoms with Crippen molar-refractivity contribution in [1.29, 1.82) is 0 Å². The number of carbonyl (C=O) groups is 1. The molecule has 3 unspecified atom stereocenters. The molecule has 1 N–H and O–H groups in total. The largest absolute Gasteiger partial charge is 0.453 e. The molecule has 2 saturated carbocycles. The maximum absolute atomic E-state index is 11.3. The normalized spacial score (nSPS) is 41.6. The number of fused-ring (bicyclic) bond motifs is 2. The zero-order valence-electron chi connectivity index (χ0n) is 10.1. The van der Waals surface area contributed by atoms with Crippen LogP contribution in [0.25, 0.3) is 0 Å². The Kier molecular flexibility index (Phi) is 2.25. The van der Waals surface area contributed by atoms with Gasteiger partial charge in [0.05, 0.1) is 7.11 Å². The van der Waals surface area contributed by atoms with Gasteiger partial charge in [0.2, 0.25) is 0 Å². The van der Waals surface area contributed by atoms with Crippen LogP contribution in [0.4, 0.5) is 4.79 Å². The van der Waals surface area contributed by atoms with Crippen molar-refractivity contribution in [2.75, 3.05) is 7.11 Å². The van der Waals surface area contributed by atoms with Gasteiger partial charge in [-0.05, 0) is 36.0 Å². The first-order valence-corrected chi connectivity index (χ1v) is 5.74. The second kappa shape index (κ2) is 3.13. The summed E-state index contributed by atoms with van der Waals surface area (Å²) in [7, 11) is 1.43. The highest BCUT2D eigenvalue weighted by Crippen LogP contribution is 2.62. The minimum absolute atomic E-state index is 0.210. The summed E-state index contributed by atoms with van der Waals surface area (Å²) in [5, 5.41) is 3.03. The second-order valence-electron chi connectivity index (χ2n) is 5.98. The molecule has 0 saturated heterocycles. The molecule has 0 aromatic heterocycles. The predicted molar refractivity (Wildman–Crippen MR) is 58.6 cm³/mol. The summed E-state index contributed by atoms with van der Waals surface area (Å²) >= 11 is 0. The first kappa shape index (κ1) is 10.8. The number of hydrogen-bond donors (Lipinski definition) is 1. The number of nitrogens with one attached hydrogen (secondary N) is 1. The number of hydrogen-bond acceptors (Lipinski definition) is 2. The highest BCUT2D eigenvalue weighted by atomic mass is 16.5. The molecule has 2 aliphatic carbocycles. The average Bonchev–Trinajstić information content (AvgIpc) is 2.63. The van der Waals surface area contributed by atoms with Crippen LogP contribution in [0.2, 0.25) is 0 Å². The van der Waals surface area contributed by atoms with E-state index < -0.39 is 0 Å². The summed E-state index contributed by atoms with van der Waals surface area (Å²) in [5.74, 6) is 0.754. The molecule has 0 aromatic rings. The summed E-state index contributed by atoms with van der Waals surface area (Å²) in [6.45, 7) is 6.83. The molecule has 0 heterocycles. The van der Waals surface area contributed by atoms with E-state index >= 15 is 0 Å². The van der Waals surface area contributed by atoms with Crippen molar-refractivity contribution in [2.24, 2.45) is 16.7 Å². The van der Waals surface area contributed by atoms with Crippen LogP contribution in [0, 0.1) is 16.7 Å². The molecular formula is C12H21NO2. The van der Waals surface area contributed by atoms with Gasteiger partial charge in [0.25, 0.3) is 0 Å². The topological polar surface area (TPSA) is 38.3 Å². The lowest BCUT2D eigenvalue weighted by Crippen LogP contribution is -2.52. The first-order chi connectivity index (χ1) is 6.90. The van der Waals surface area contributed by atoms with Gasteiger partial charge in [-0.1, -0.05) is 20.8 Å². The molecule has 2 bridgehead atoms. The Morgan fingerprint density at radius 3 is 2.53 bits per heavy atom. The fourth-order valence-corrected chi connectivity index (χ4v) is 3.84. The van der Waals surface area contributed by atoms with Crippen molar-refractivity contribution in [2.45, 2.75) is 46.1 Å². The monoisotopic (exact) mass is 211 g/mol. The van der Waals surface area contributed by atoms with Crippen molar-refractivity contribution < 1.29 is 9.53 Å². The number of amides is 1. The minimum Gasteiger partial charge on any atom is -0.453 e. The van der Waals surface area contributed by atoms with Crippen LogP contribution in [0.3, 0.4) is 0 Å². The summed E-state index contributed by atoms with van der Waals surface area (Å²) in [4.78, 5) is 11.3. The van der Waals surface area contributed by atoms with Crippen LogP contribution in [0.1, 0.15) is 40.0 Å². The lowest BCUT2D eigenvalue weighted by molar-refractivity contribution is 0.0952. The van der Waals surface area contributed by atoms with E-state index in [0.717, 1.165) is 5.92 Å². The van der Waals surface area contributed by atoms with E-state index in [-0.39, 0.29) is 23.0 Å². The SMILES string of the molecule is COC(=O)NC1C2(C)CCC(C2)C1(C)C. The molecule has 3 nitrogen and oxygen atoms in total. The molecule has 2 aliphatic rings. The molecule has 2 rings (SSSR count). The Balaban J connectivity index is 2.19. The van der Waals surface area contributed by atoms with Crippen LogP contribution in [-0.2, 0) is 4.74 Å². The maximum atomic E-state index is 11.3. The second-order valence-corrected chi connectivity index (χ2v) is 5.98. The van der Waals surface area contributed by atoms with Crippen molar-refractivity contribution in [1.82, 2.24) is 5.32 Å². The Labute approximate surface area is 91.6 Å². The number of carbonyl (C=O) groups excluding carboxylic acids is 1. The number of rotatable bonds is 1. The Morgan fingerprint density at radius 2 is 2.07 bits per heavy atom. The molecule has 1 amide bonds.